The van der Waals surface area contributed by atoms with Crippen LogP contribution in [-0.2, 0) is 22.3 Å². The number of alkyl halides is 6. The van der Waals surface area contributed by atoms with E-state index in [2.05, 4.69) is 43.4 Å². The molecule has 6 N–H and O–H groups in total. The fourth-order valence-corrected chi connectivity index (χ4v) is 10.7. The molecular formula is C56H70Cl2F6N10O4. The van der Waals surface area contributed by atoms with Crippen LogP contribution in [0.3, 0.4) is 0 Å². The number of nitrogens with one attached hydrogen (secondary N) is 4. The number of nitrogens with zero attached hydrogens (tertiary/aromatic N) is 6. The summed E-state index contributed by atoms with van der Waals surface area (Å²) in [6.45, 7) is 3.87. The number of ether oxygens (including phenoxy) is 2. The van der Waals surface area contributed by atoms with Gasteiger partial charge in [-0.2, -0.15) is 36.9 Å². The van der Waals surface area contributed by atoms with Gasteiger partial charge >= 0.3 is 12.4 Å². The zero-order chi connectivity index (χ0) is 56.2. The number of anilines is 2. The molecule has 22 heteroatoms. The van der Waals surface area contributed by atoms with Gasteiger partial charge in [-0.1, -0.05) is 35.3 Å². The molecule has 2 atom stereocenters. The van der Waals surface area contributed by atoms with Crippen LogP contribution in [0, 0.1) is 45.3 Å². The first-order valence-electron chi connectivity index (χ1n) is 26.7. The SMILES string of the molecule is C[C@@](O)(CNC1CCC(Cc2cc(-c3cccc(NCC4(C#N)CCOCC4)n3)c(Cl)cn2)CC1)C(F)(F)F.C[C@](O)(CNC1CCC(Cc2cc(-c3cccc(NCC4(C#N)CCOCC4)n3)c(Cl)cn2)CC1)C(F)(F)F. The third kappa shape index (κ3) is 16.6. The van der Waals surface area contributed by atoms with Crippen LogP contribution in [0.5, 0.6) is 0 Å². The molecule has 0 unspecified atom stereocenters. The lowest BCUT2D eigenvalue weighted by Gasteiger charge is -2.33. The predicted octanol–water partition coefficient (Wildman–Crippen LogP) is 11.1. The largest absolute Gasteiger partial charge is 0.418 e. The van der Waals surface area contributed by atoms with E-state index in [0.717, 1.165) is 101 Å². The monoisotopic (exact) mass is 1130 g/mol. The summed E-state index contributed by atoms with van der Waals surface area (Å²) in [5.41, 5.74) is -1.69. The van der Waals surface area contributed by atoms with Crippen molar-refractivity contribution >= 4 is 34.8 Å². The van der Waals surface area contributed by atoms with Gasteiger partial charge in [0, 0.05) is 99.6 Å². The number of aliphatic hydroxyl groups is 2. The molecule has 78 heavy (non-hydrogen) atoms. The van der Waals surface area contributed by atoms with Crippen molar-refractivity contribution in [1.29, 1.82) is 10.5 Å². The summed E-state index contributed by atoms with van der Waals surface area (Å²) in [5, 5.41) is 52.2. The van der Waals surface area contributed by atoms with Crippen LogP contribution in [-0.4, -0.2) is 118 Å². The van der Waals surface area contributed by atoms with Crippen molar-refractivity contribution in [3.8, 4) is 34.7 Å². The Balaban J connectivity index is 0.000000226. The highest BCUT2D eigenvalue weighted by atomic mass is 35.5. The summed E-state index contributed by atoms with van der Waals surface area (Å²) < 4.78 is 88.3. The molecule has 424 valence electrons. The summed E-state index contributed by atoms with van der Waals surface area (Å²) >= 11 is 13.0. The van der Waals surface area contributed by atoms with Crippen LogP contribution in [0.1, 0.15) is 102 Å². The highest BCUT2D eigenvalue weighted by molar-refractivity contribution is 6.33. The predicted molar refractivity (Wildman–Crippen MR) is 286 cm³/mol. The highest BCUT2D eigenvalue weighted by Gasteiger charge is 2.51. The van der Waals surface area contributed by atoms with Crippen molar-refractivity contribution in [2.45, 2.75) is 139 Å². The van der Waals surface area contributed by atoms with Crippen molar-refractivity contribution in [2.75, 3.05) is 63.2 Å². The van der Waals surface area contributed by atoms with Crippen molar-refractivity contribution in [3.63, 3.8) is 0 Å². The van der Waals surface area contributed by atoms with Gasteiger partial charge < -0.3 is 41.0 Å². The first-order valence-corrected chi connectivity index (χ1v) is 27.5. The zero-order valence-electron chi connectivity index (χ0n) is 44.1. The number of pyridine rings is 4. The number of rotatable bonds is 18. The Morgan fingerprint density at radius 1 is 0.603 bits per heavy atom. The van der Waals surface area contributed by atoms with Gasteiger partial charge in [0.2, 0.25) is 0 Å². The molecule has 6 heterocycles. The zero-order valence-corrected chi connectivity index (χ0v) is 45.6. The lowest BCUT2D eigenvalue weighted by Crippen LogP contribution is -2.52. The Hall–Kier alpha value is -4.90. The minimum absolute atomic E-state index is 0.0513. The highest BCUT2D eigenvalue weighted by Crippen LogP contribution is 2.37. The Kier molecular flexibility index (Phi) is 20.7. The molecule has 4 fully saturated rings. The number of halogens is 8. The van der Waals surface area contributed by atoms with Gasteiger partial charge in [0.15, 0.2) is 11.2 Å². The molecule has 4 aromatic rings. The molecular weight excluding hydrogens is 1060 g/mol. The number of hydrogen-bond acceptors (Lipinski definition) is 14. The van der Waals surface area contributed by atoms with E-state index in [1.165, 1.54) is 0 Å². The average molecular weight is 1130 g/mol. The van der Waals surface area contributed by atoms with Crippen LogP contribution in [0.15, 0.2) is 60.9 Å². The van der Waals surface area contributed by atoms with Gasteiger partial charge in [-0.05, 0) is 152 Å². The smallest absolute Gasteiger partial charge is 0.381 e. The quantitative estimate of drug-likeness (QED) is 0.0513. The maximum Gasteiger partial charge on any atom is 0.418 e. The molecule has 0 bridgehead atoms. The molecule has 14 nitrogen and oxygen atoms in total. The van der Waals surface area contributed by atoms with Crippen molar-refractivity contribution in [3.05, 3.63) is 82.4 Å². The molecule has 8 rings (SSSR count). The second kappa shape index (κ2) is 26.6. The third-order valence-corrected chi connectivity index (χ3v) is 16.4. The molecule has 0 spiro atoms. The normalized spacial score (nSPS) is 23.0. The van der Waals surface area contributed by atoms with E-state index in [4.69, 9.17) is 42.6 Å². The topological polar surface area (TPSA) is 206 Å². The molecule has 2 aliphatic heterocycles. The van der Waals surface area contributed by atoms with Crippen LogP contribution in [0.25, 0.3) is 22.5 Å². The van der Waals surface area contributed by atoms with Gasteiger partial charge in [-0.3, -0.25) is 9.97 Å². The van der Waals surface area contributed by atoms with E-state index in [0.29, 0.717) is 110 Å². The van der Waals surface area contributed by atoms with Crippen molar-refractivity contribution < 1.29 is 46.0 Å². The molecule has 0 radical (unpaired) electrons. The second-order valence-corrected chi connectivity index (χ2v) is 22.8. The average Bonchev–Trinajstić information content (AvgIpc) is 3.44. The molecule has 2 saturated carbocycles. The minimum atomic E-state index is -4.66. The maximum absolute atomic E-state index is 12.9. The van der Waals surface area contributed by atoms with E-state index in [1.807, 2.05) is 48.5 Å². The third-order valence-electron chi connectivity index (χ3n) is 15.8. The van der Waals surface area contributed by atoms with Gasteiger partial charge in [0.25, 0.3) is 0 Å². The Bertz CT molecular complexity index is 2490. The Morgan fingerprint density at radius 3 is 1.29 bits per heavy atom. The van der Waals surface area contributed by atoms with E-state index in [9.17, 15) is 47.1 Å². The minimum Gasteiger partial charge on any atom is -0.381 e. The summed E-state index contributed by atoms with van der Waals surface area (Å²) in [6, 6.07) is 20.0. The molecule has 0 aromatic carbocycles. The maximum atomic E-state index is 12.9. The Labute approximate surface area is 462 Å². The van der Waals surface area contributed by atoms with Crippen molar-refractivity contribution in [1.82, 2.24) is 30.6 Å². The van der Waals surface area contributed by atoms with E-state index in [1.54, 1.807) is 12.4 Å². The first-order chi connectivity index (χ1) is 37.0. The van der Waals surface area contributed by atoms with E-state index in [-0.39, 0.29) is 12.1 Å². The second-order valence-electron chi connectivity index (χ2n) is 22.0. The standard InChI is InChI=1S/2C28H35ClF3N5O2/c2*1-26(38,28(30,31)32)17-35-20-7-5-19(6-8-20)13-21-14-22(23(29)15-34-21)24-3-2-4-25(37-24)36-18-27(16-33)9-11-39-12-10-27/h2*2-4,14-15,19-20,35,38H,5-13,17-18H2,1H3,(H,36,37)/t2*19?,20?,26-/m10/s1. The Morgan fingerprint density at radius 2 is 0.962 bits per heavy atom. The summed E-state index contributed by atoms with van der Waals surface area (Å²) in [6.07, 6.45) is 4.53. The van der Waals surface area contributed by atoms with Gasteiger partial charge in [0.05, 0.1) is 44.4 Å². The van der Waals surface area contributed by atoms with Crippen molar-refractivity contribution in [2.24, 2.45) is 22.7 Å². The summed E-state index contributed by atoms with van der Waals surface area (Å²) in [7, 11) is 0. The van der Waals surface area contributed by atoms with Crippen LogP contribution in [0.4, 0.5) is 38.0 Å². The fourth-order valence-electron chi connectivity index (χ4n) is 10.3. The number of hydrogen-bond donors (Lipinski definition) is 6. The molecule has 2 saturated heterocycles. The molecule has 0 amide bonds. The van der Waals surface area contributed by atoms with Crippen LogP contribution < -0.4 is 21.3 Å². The number of nitriles is 2. The fraction of sp³-hybridized carbons (Fsp3) is 0.607. The van der Waals surface area contributed by atoms with Crippen LogP contribution >= 0.6 is 23.2 Å². The summed E-state index contributed by atoms with van der Waals surface area (Å²) in [5.74, 6) is 2.04. The lowest BCUT2D eigenvalue weighted by atomic mass is 9.82. The molecule has 4 aliphatic rings. The van der Waals surface area contributed by atoms with Gasteiger partial charge in [-0.15, -0.1) is 0 Å². The number of aromatic nitrogens is 4. The van der Waals surface area contributed by atoms with E-state index >= 15 is 0 Å². The van der Waals surface area contributed by atoms with Crippen LogP contribution in [0.2, 0.25) is 10.0 Å². The molecule has 2 aliphatic carbocycles. The molecule has 4 aromatic heterocycles. The first kappa shape index (κ1) is 60.7. The van der Waals surface area contributed by atoms with Gasteiger partial charge in [-0.25, -0.2) is 9.97 Å². The lowest BCUT2D eigenvalue weighted by molar-refractivity contribution is -0.251. The van der Waals surface area contributed by atoms with E-state index < -0.39 is 47.5 Å². The summed E-state index contributed by atoms with van der Waals surface area (Å²) in [4.78, 5) is 18.5. The van der Waals surface area contributed by atoms with Gasteiger partial charge in [0.1, 0.15) is 11.6 Å².